The number of unbranched alkanes of at least 4 members (excludes halogenated alkanes) is 10. The number of rotatable bonds is 12. The third kappa shape index (κ3) is 8.79. The van der Waals surface area contributed by atoms with Crippen LogP contribution in [0.1, 0.15) is 90.4 Å². The summed E-state index contributed by atoms with van der Waals surface area (Å²) >= 11 is 0. The van der Waals surface area contributed by atoms with Crippen molar-refractivity contribution in [1.82, 2.24) is 5.43 Å². The van der Waals surface area contributed by atoms with Gasteiger partial charge in [0.25, 0.3) is 0 Å². The molecule has 0 aromatic carbocycles. The molecule has 1 aliphatic rings. The SMILES string of the molecule is CCCCCCCCCCCCCC1=NNC(=O)C1. The second kappa shape index (κ2) is 11.0. The molecule has 1 heterocycles. The Labute approximate surface area is 118 Å². The van der Waals surface area contributed by atoms with Crippen LogP contribution >= 0.6 is 0 Å². The first-order valence-electron chi connectivity index (χ1n) is 8.17. The predicted octanol–water partition coefficient (Wildman–Crippen LogP) is 4.56. The molecule has 1 rings (SSSR count). The average Bonchev–Trinajstić information content (AvgIpc) is 2.82. The summed E-state index contributed by atoms with van der Waals surface area (Å²) in [5.41, 5.74) is 3.55. The molecule has 3 heteroatoms. The van der Waals surface area contributed by atoms with Crippen molar-refractivity contribution in [3.8, 4) is 0 Å². The van der Waals surface area contributed by atoms with Crippen LogP contribution in [0.4, 0.5) is 0 Å². The quantitative estimate of drug-likeness (QED) is 0.517. The minimum atomic E-state index is 0.0538. The molecule has 19 heavy (non-hydrogen) atoms. The summed E-state index contributed by atoms with van der Waals surface area (Å²) in [6, 6.07) is 0. The van der Waals surface area contributed by atoms with E-state index in [1.807, 2.05) is 0 Å². The van der Waals surface area contributed by atoms with Crippen LogP contribution in [0, 0.1) is 0 Å². The van der Waals surface area contributed by atoms with Crippen LogP contribution in [-0.4, -0.2) is 11.6 Å². The molecule has 0 saturated carbocycles. The minimum absolute atomic E-state index is 0.0538. The molecule has 110 valence electrons. The molecular formula is C16H30N2O. The highest BCUT2D eigenvalue weighted by atomic mass is 16.2. The van der Waals surface area contributed by atoms with Crippen molar-refractivity contribution in [3.63, 3.8) is 0 Å². The summed E-state index contributed by atoms with van der Waals surface area (Å²) in [6.07, 6.45) is 16.5. The number of carbonyl (C=O) groups excluding carboxylic acids is 1. The zero-order chi connectivity index (χ0) is 13.8. The highest BCUT2D eigenvalue weighted by Crippen LogP contribution is 2.13. The van der Waals surface area contributed by atoms with E-state index in [9.17, 15) is 4.79 Å². The molecule has 3 nitrogen and oxygen atoms in total. The molecule has 0 fully saturated rings. The van der Waals surface area contributed by atoms with Gasteiger partial charge in [0.2, 0.25) is 5.91 Å². The number of amides is 1. The van der Waals surface area contributed by atoms with Crippen LogP contribution in [0.5, 0.6) is 0 Å². The molecule has 0 aromatic rings. The Morgan fingerprint density at radius 2 is 1.42 bits per heavy atom. The second-order valence-corrected chi connectivity index (χ2v) is 5.68. The van der Waals surface area contributed by atoms with E-state index >= 15 is 0 Å². The van der Waals surface area contributed by atoms with Gasteiger partial charge in [-0.1, -0.05) is 71.1 Å². The van der Waals surface area contributed by atoms with E-state index in [4.69, 9.17) is 0 Å². The molecule has 0 atom stereocenters. The largest absolute Gasteiger partial charge is 0.273 e. The van der Waals surface area contributed by atoms with Gasteiger partial charge < -0.3 is 0 Å². The average molecular weight is 266 g/mol. The molecule has 0 saturated heterocycles. The number of nitrogens with one attached hydrogen (secondary N) is 1. The maximum Gasteiger partial charge on any atom is 0.245 e. The van der Waals surface area contributed by atoms with Crippen LogP contribution in [0.25, 0.3) is 0 Å². The Morgan fingerprint density at radius 3 is 1.89 bits per heavy atom. The van der Waals surface area contributed by atoms with Crippen molar-refractivity contribution in [2.75, 3.05) is 0 Å². The lowest BCUT2D eigenvalue weighted by atomic mass is 10.0. The standard InChI is InChI=1S/C16H30N2O/c1-2-3-4-5-6-7-8-9-10-11-12-13-15-14-16(19)18-17-15/h2-14H2,1H3,(H,18,19). The van der Waals surface area contributed by atoms with Crippen LogP contribution in [-0.2, 0) is 4.79 Å². The van der Waals surface area contributed by atoms with Crippen LogP contribution in [0.15, 0.2) is 5.10 Å². The molecule has 0 unspecified atom stereocenters. The zero-order valence-corrected chi connectivity index (χ0v) is 12.5. The molecule has 0 aromatic heterocycles. The van der Waals surface area contributed by atoms with Gasteiger partial charge in [0, 0.05) is 5.71 Å². The molecule has 1 N–H and O–H groups in total. The maximum absolute atomic E-state index is 10.9. The van der Waals surface area contributed by atoms with Gasteiger partial charge in [-0.15, -0.1) is 0 Å². The molecule has 1 amide bonds. The Bertz CT molecular complexity index is 274. The Hall–Kier alpha value is -0.860. The number of hydrogen-bond donors (Lipinski definition) is 1. The Morgan fingerprint density at radius 1 is 0.895 bits per heavy atom. The Balaban J connectivity index is 1.75. The fourth-order valence-corrected chi connectivity index (χ4v) is 2.54. The van der Waals surface area contributed by atoms with Crippen molar-refractivity contribution in [2.45, 2.75) is 90.4 Å². The minimum Gasteiger partial charge on any atom is -0.273 e. The van der Waals surface area contributed by atoms with Gasteiger partial charge in [-0.25, -0.2) is 5.43 Å². The van der Waals surface area contributed by atoms with Gasteiger partial charge in [0.1, 0.15) is 0 Å². The van der Waals surface area contributed by atoms with Crippen LogP contribution < -0.4 is 5.43 Å². The van der Waals surface area contributed by atoms with E-state index in [1.165, 1.54) is 70.6 Å². The van der Waals surface area contributed by atoms with Gasteiger partial charge >= 0.3 is 0 Å². The summed E-state index contributed by atoms with van der Waals surface area (Å²) in [7, 11) is 0. The normalized spacial score (nSPS) is 14.6. The fourth-order valence-electron chi connectivity index (χ4n) is 2.54. The first kappa shape index (κ1) is 16.2. The highest BCUT2D eigenvalue weighted by Gasteiger charge is 2.13. The summed E-state index contributed by atoms with van der Waals surface area (Å²) < 4.78 is 0. The van der Waals surface area contributed by atoms with E-state index in [0.29, 0.717) is 6.42 Å². The van der Waals surface area contributed by atoms with Crippen LogP contribution in [0.2, 0.25) is 0 Å². The van der Waals surface area contributed by atoms with E-state index in [-0.39, 0.29) is 5.91 Å². The van der Waals surface area contributed by atoms with E-state index in [1.54, 1.807) is 0 Å². The van der Waals surface area contributed by atoms with Crippen molar-refractivity contribution < 1.29 is 4.79 Å². The number of nitrogens with zero attached hydrogens (tertiary/aromatic N) is 1. The van der Waals surface area contributed by atoms with Crippen molar-refractivity contribution in [3.05, 3.63) is 0 Å². The van der Waals surface area contributed by atoms with Gasteiger partial charge in [-0.3, -0.25) is 4.79 Å². The van der Waals surface area contributed by atoms with Gasteiger partial charge in [0.15, 0.2) is 0 Å². The summed E-state index contributed by atoms with van der Waals surface area (Å²) in [5.74, 6) is 0.0538. The lowest BCUT2D eigenvalue weighted by Gasteiger charge is -2.02. The summed E-state index contributed by atoms with van der Waals surface area (Å²) in [6.45, 7) is 2.27. The topological polar surface area (TPSA) is 41.5 Å². The van der Waals surface area contributed by atoms with E-state index in [0.717, 1.165) is 12.1 Å². The number of hydrogen-bond acceptors (Lipinski definition) is 2. The van der Waals surface area contributed by atoms with Gasteiger partial charge in [-0.2, -0.15) is 5.10 Å². The van der Waals surface area contributed by atoms with Crippen molar-refractivity contribution in [2.24, 2.45) is 5.10 Å². The smallest absolute Gasteiger partial charge is 0.245 e. The molecular weight excluding hydrogens is 236 g/mol. The van der Waals surface area contributed by atoms with Gasteiger partial charge in [-0.05, 0) is 12.8 Å². The second-order valence-electron chi connectivity index (χ2n) is 5.68. The van der Waals surface area contributed by atoms with Crippen molar-refractivity contribution in [1.29, 1.82) is 0 Å². The van der Waals surface area contributed by atoms with Gasteiger partial charge in [0.05, 0.1) is 6.42 Å². The third-order valence-corrected chi connectivity index (χ3v) is 3.77. The first-order valence-corrected chi connectivity index (χ1v) is 8.17. The van der Waals surface area contributed by atoms with Crippen molar-refractivity contribution >= 4 is 11.6 Å². The Kier molecular flexibility index (Phi) is 9.38. The van der Waals surface area contributed by atoms with E-state index < -0.39 is 0 Å². The lowest BCUT2D eigenvalue weighted by molar-refractivity contribution is -0.119. The maximum atomic E-state index is 10.9. The summed E-state index contributed by atoms with van der Waals surface area (Å²) in [5, 5.41) is 4.02. The predicted molar refractivity (Wildman–Crippen MR) is 81.3 cm³/mol. The lowest BCUT2D eigenvalue weighted by Crippen LogP contribution is -2.09. The van der Waals surface area contributed by atoms with E-state index in [2.05, 4.69) is 17.5 Å². The molecule has 0 aliphatic carbocycles. The third-order valence-electron chi connectivity index (χ3n) is 3.77. The molecule has 0 bridgehead atoms. The monoisotopic (exact) mass is 266 g/mol. The highest BCUT2D eigenvalue weighted by molar-refractivity contribution is 6.04. The fraction of sp³-hybridized carbons (Fsp3) is 0.875. The first-order chi connectivity index (χ1) is 9.33. The molecule has 0 spiro atoms. The summed E-state index contributed by atoms with van der Waals surface area (Å²) in [4.78, 5) is 10.9. The van der Waals surface area contributed by atoms with Crippen LogP contribution in [0.3, 0.4) is 0 Å². The number of carbonyl (C=O) groups is 1. The zero-order valence-electron chi connectivity index (χ0n) is 12.5. The molecule has 0 radical (unpaired) electrons. The number of hydrazone groups is 1. The molecule has 1 aliphatic heterocycles.